The van der Waals surface area contributed by atoms with Crippen LogP contribution < -0.4 is 0 Å². The van der Waals surface area contributed by atoms with Crippen LogP contribution in [0.3, 0.4) is 0 Å². The Morgan fingerprint density at radius 1 is 1.18 bits per heavy atom. The molecule has 116 valence electrons. The monoisotopic (exact) mass is 337 g/mol. The number of esters is 1. The zero-order chi connectivity index (χ0) is 16.1. The summed E-state index contributed by atoms with van der Waals surface area (Å²) >= 11 is 7.28. The minimum Gasteiger partial charge on any atom is -0.465 e. The lowest BCUT2D eigenvalue weighted by Gasteiger charge is -2.20. The average Bonchev–Trinajstić information content (AvgIpc) is 3.02. The number of amides is 1. The normalized spacial score (nSPS) is 10.3. The maximum Gasteiger partial charge on any atom is 0.348 e. The first kappa shape index (κ1) is 16.5. The summed E-state index contributed by atoms with van der Waals surface area (Å²) in [7, 11) is 1.32. The zero-order valence-corrected chi connectivity index (χ0v) is 13.9. The van der Waals surface area contributed by atoms with Crippen molar-refractivity contribution >= 4 is 34.8 Å². The number of methoxy groups -OCH3 is 1. The van der Waals surface area contributed by atoms with E-state index in [0.717, 1.165) is 16.9 Å². The van der Waals surface area contributed by atoms with Gasteiger partial charge >= 0.3 is 5.97 Å². The molecule has 4 nitrogen and oxygen atoms in total. The molecular weight excluding hydrogens is 322 g/mol. The first-order chi connectivity index (χ1) is 10.6. The van der Waals surface area contributed by atoms with Crippen LogP contribution in [-0.4, -0.2) is 30.4 Å². The molecule has 1 aromatic carbocycles. The third kappa shape index (κ3) is 3.67. The second-order valence-corrected chi connectivity index (χ2v) is 6.06. The van der Waals surface area contributed by atoms with Gasteiger partial charge in [0.05, 0.1) is 12.0 Å². The van der Waals surface area contributed by atoms with E-state index < -0.39 is 5.97 Å². The number of carbonyl (C=O) groups is 2. The van der Waals surface area contributed by atoms with Crippen LogP contribution in [0, 0.1) is 0 Å². The number of rotatable bonds is 5. The Hall–Kier alpha value is -1.85. The molecular formula is C16H16ClNO3S. The van der Waals surface area contributed by atoms with Crippen LogP contribution >= 0.6 is 22.9 Å². The first-order valence-electron chi connectivity index (χ1n) is 6.77. The standard InChI is InChI=1S/C16H16ClNO3S/c1-3-18(10-11-6-4-5-7-12(11)17)15(19)13-8-9-14(22-13)16(20)21-2/h4-9H,3,10H2,1-2H3. The highest BCUT2D eigenvalue weighted by Gasteiger charge is 2.19. The molecule has 6 heteroatoms. The molecule has 2 rings (SSSR count). The van der Waals surface area contributed by atoms with Gasteiger partial charge < -0.3 is 9.64 Å². The summed E-state index contributed by atoms with van der Waals surface area (Å²) in [6, 6.07) is 10.7. The van der Waals surface area contributed by atoms with Gasteiger partial charge in [0.1, 0.15) is 4.88 Å². The van der Waals surface area contributed by atoms with Crippen LogP contribution in [-0.2, 0) is 11.3 Å². The minimum atomic E-state index is -0.432. The van der Waals surface area contributed by atoms with Crippen molar-refractivity contribution in [2.45, 2.75) is 13.5 Å². The van der Waals surface area contributed by atoms with Crippen LogP contribution in [0.1, 0.15) is 31.8 Å². The van der Waals surface area contributed by atoms with Crippen molar-refractivity contribution in [1.29, 1.82) is 0 Å². The fourth-order valence-corrected chi connectivity index (χ4v) is 3.07. The molecule has 0 unspecified atom stereocenters. The maximum absolute atomic E-state index is 12.6. The van der Waals surface area contributed by atoms with Gasteiger partial charge in [-0.3, -0.25) is 4.79 Å². The van der Waals surface area contributed by atoms with E-state index in [1.807, 2.05) is 25.1 Å². The van der Waals surface area contributed by atoms with Gasteiger partial charge in [0.25, 0.3) is 5.91 Å². The summed E-state index contributed by atoms with van der Waals surface area (Å²) in [5, 5.41) is 0.634. The summed E-state index contributed by atoms with van der Waals surface area (Å²) in [5.74, 6) is -0.555. The highest BCUT2D eigenvalue weighted by atomic mass is 35.5. The van der Waals surface area contributed by atoms with Crippen LogP contribution in [0.5, 0.6) is 0 Å². The first-order valence-corrected chi connectivity index (χ1v) is 7.97. The van der Waals surface area contributed by atoms with Crippen molar-refractivity contribution in [2.24, 2.45) is 0 Å². The molecule has 0 spiro atoms. The Balaban J connectivity index is 2.17. The van der Waals surface area contributed by atoms with E-state index in [0.29, 0.717) is 27.9 Å². The number of carbonyl (C=O) groups excluding carboxylic acids is 2. The smallest absolute Gasteiger partial charge is 0.348 e. The van der Waals surface area contributed by atoms with Crippen LogP contribution in [0.15, 0.2) is 36.4 Å². The second kappa shape index (κ2) is 7.42. The Morgan fingerprint density at radius 3 is 2.50 bits per heavy atom. The quantitative estimate of drug-likeness (QED) is 0.778. The Labute approximate surface area is 138 Å². The van der Waals surface area contributed by atoms with E-state index in [1.54, 1.807) is 23.1 Å². The van der Waals surface area contributed by atoms with Crippen molar-refractivity contribution in [3.05, 3.63) is 56.7 Å². The molecule has 1 aromatic heterocycles. The van der Waals surface area contributed by atoms with Gasteiger partial charge in [-0.1, -0.05) is 29.8 Å². The van der Waals surface area contributed by atoms with Crippen molar-refractivity contribution in [2.75, 3.05) is 13.7 Å². The van der Waals surface area contributed by atoms with Crippen molar-refractivity contribution in [3.8, 4) is 0 Å². The number of thiophene rings is 1. The molecule has 1 heterocycles. The Bertz CT molecular complexity index is 684. The van der Waals surface area contributed by atoms with Gasteiger partial charge in [-0.25, -0.2) is 4.79 Å². The summed E-state index contributed by atoms with van der Waals surface area (Å²) in [6.07, 6.45) is 0. The molecule has 0 atom stereocenters. The van der Waals surface area contributed by atoms with Gasteiger partial charge in [-0.15, -0.1) is 11.3 Å². The van der Waals surface area contributed by atoms with Crippen LogP contribution in [0.25, 0.3) is 0 Å². The second-order valence-electron chi connectivity index (χ2n) is 4.57. The van der Waals surface area contributed by atoms with E-state index in [9.17, 15) is 9.59 Å². The topological polar surface area (TPSA) is 46.6 Å². The lowest BCUT2D eigenvalue weighted by atomic mass is 10.2. The number of benzene rings is 1. The van der Waals surface area contributed by atoms with Crippen LogP contribution in [0.2, 0.25) is 5.02 Å². The number of hydrogen-bond acceptors (Lipinski definition) is 4. The van der Waals surface area contributed by atoms with Gasteiger partial charge in [0.15, 0.2) is 0 Å². The van der Waals surface area contributed by atoms with E-state index >= 15 is 0 Å². The molecule has 1 amide bonds. The minimum absolute atomic E-state index is 0.123. The average molecular weight is 338 g/mol. The highest BCUT2D eigenvalue weighted by molar-refractivity contribution is 7.15. The fourth-order valence-electron chi connectivity index (χ4n) is 1.98. The number of halogens is 1. The molecule has 0 aliphatic heterocycles. The van der Waals surface area contributed by atoms with E-state index in [-0.39, 0.29) is 5.91 Å². The van der Waals surface area contributed by atoms with E-state index in [2.05, 4.69) is 4.74 Å². The third-order valence-corrected chi connectivity index (χ3v) is 4.61. The summed E-state index contributed by atoms with van der Waals surface area (Å²) in [4.78, 5) is 26.6. The molecule has 2 aromatic rings. The summed E-state index contributed by atoms with van der Waals surface area (Å²) in [5.41, 5.74) is 0.893. The van der Waals surface area contributed by atoms with Gasteiger partial charge in [-0.2, -0.15) is 0 Å². The number of hydrogen-bond donors (Lipinski definition) is 0. The number of ether oxygens (including phenoxy) is 1. The SMILES string of the molecule is CCN(Cc1ccccc1Cl)C(=O)c1ccc(C(=O)OC)s1. The predicted octanol–water partition coefficient (Wildman–Crippen LogP) is 3.85. The largest absolute Gasteiger partial charge is 0.465 e. The van der Waals surface area contributed by atoms with Crippen molar-refractivity contribution in [3.63, 3.8) is 0 Å². The number of nitrogens with zero attached hydrogens (tertiary/aromatic N) is 1. The molecule has 0 N–H and O–H groups in total. The van der Waals surface area contributed by atoms with Crippen molar-refractivity contribution < 1.29 is 14.3 Å². The zero-order valence-electron chi connectivity index (χ0n) is 12.3. The molecule has 0 aliphatic rings. The van der Waals surface area contributed by atoms with E-state index in [1.165, 1.54) is 7.11 Å². The molecule has 0 radical (unpaired) electrons. The molecule has 0 saturated carbocycles. The molecule has 0 saturated heterocycles. The highest BCUT2D eigenvalue weighted by Crippen LogP contribution is 2.22. The van der Waals surface area contributed by atoms with Crippen molar-refractivity contribution in [1.82, 2.24) is 4.90 Å². The molecule has 0 aliphatic carbocycles. The Kier molecular flexibility index (Phi) is 5.57. The summed E-state index contributed by atoms with van der Waals surface area (Å²) < 4.78 is 4.66. The fraction of sp³-hybridized carbons (Fsp3) is 0.250. The lowest BCUT2D eigenvalue weighted by Crippen LogP contribution is -2.29. The van der Waals surface area contributed by atoms with Gasteiger partial charge in [-0.05, 0) is 30.7 Å². The predicted molar refractivity (Wildman–Crippen MR) is 87.5 cm³/mol. The lowest BCUT2D eigenvalue weighted by molar-refractivity contribution is 0.0606. The molecule has 0 bridgehead atoms. The van der Waals surface area contributed by atoms with Gasteiger partial charge in [0, 0.05) is 18.1 Å². The molecule has 0 fully saturated rings. The third-order valence-electron chi connectivity index (χ3n) is 3.19. The molecule has 22 heavy (non-hydrogen) atoms. The Morgan fingerprint density at radius 2 is 1.86 bits per heavy atom. The van der Waals surface area contributed by atoms with Crippen LogP contribution in [0.4, 0.5) is 0 Å². The van der Waals surface area contributed by atoms with Gasteiger partial charge in [0.2, 0.25) is 0 Å². The summed E-state index contributed by atoms with van der Waals surface area (Å²) in [6.45, 7) is 2.89. The maximum atomic E-state index is 12.6. The van der Waals surface area contributed by atoms with E-state index in [4.69, 9.17) is 11.6 Å².